The van der Waals surface area contributed by atoms with Crippen LogP contribution in [0.1, 0.15) is 38.3 Å². The third kappa shape index (κ3) is 2.30. The summed E-state index contributed by atoms with van der Waals surface area (Å²) in [5.41, 5.74) is 5.68. The van der Waals surface area contributed by atoms with Crippen molar-refractivity contribution in [1.29, 1.82) is 0 Å². The minimum atomic E-state index is -0.815. The normalized spacial score (nSPS) is 27.2. The molecule has 1 aromatic carbocycles. The quantitative estimate of drug-likeness (QED) is 0.491. The van der Waals surface area contributed by atoms with Crippen molar-refractivity contribution in [3.63, 3.8) is 0 Å². The van der Waals surface area contributed by atoms with Crippen molar-refractivity contribution in [2.45, 2.75) is 44.4 Å². The fraction of sp³-hybridized carbons (Fsp3) is 0.600. The molecule has 7 heteroatoms. The first kappa shape index (κ1) is 15.1. The van der Waals surface area contributed by atoms with E-state index in [2.05, 4.69) is 4.90 Å². The third-order valence-electron chi connectivity index (χ3n) is 4.59. The molecular weight excluding hydrogens is 286 g/mol. The van der Waals surface area contributed by atoms with Gasteiger partial charge in [-0.2, -0.15) is 0 Å². The van der Waals surface area contributed by atoms with Crippen LogP contribution in [0.3, 0.4) is 0 Å². The highest BCUT2D eigenvalue weighted by molar-refractivity contribution is 5.65. The first-order valence-electron chi connectivity index (χ1n) is 7.50. The maximum atomic E-state index is 11.1. The smallest absolute Gasteiger partial charge is 0.295 e. The van der Waals surface area contributed by atoms with Gasteiger partial charge in [0.2, 0.25) is 0 Å². The Labute approximate surface area is 128 Å². The zero-order chi connectivity index (χ0) is 16.1. The Bertz CT molecular complexity index is 611. The van der Waals surface area contributed by atoms with E-state index in [9.17, 15) is 15.2 Å². The first-order valence-corrected chi connectivity index (χ1v) is 7.50. The zero-order valence-electron chi connectivity index (χ0n) is 12.8. The monoisotopic (exact) mass is 307 g/mol. The van der Waals surface area contributed by atoms with E-state index in [0.29, 0.717) is 5.75 Å². The molecule has 2 atom stereocenters. The SMILES string of the molecule is CC1(C)Oc2cc([N+](=O)[O-])c(N)cc2[C@H](N2CCCC2)[C@H]1O. The number of nitrogen functional groups attached to an aromatic ring is 1. The minimum Gasteiger partial charge on any atom is -0.484 e. The van der Waals surface area contributed by atoms with Crippen molar-refractivity contribution in [3.8, 4) is 5.75 Å². The number of anilines is 1. The van der Waals surface area contributed by atoms with E-state index in [1.807, 2.05) is 0 Å². The molecule has 0 bridgehead atoms. The molecule has 1 fully saturated rings. The third-order valence-corrected chi connectivity index (χ3v) is 4.59. The lowest BCUT2D eigenvalue weighted by Crippen LogP contribution is -2.53. The Morgan fingerprint density at radius 3 is 2.64 bits per heavy atom. The van der Waals surface area contributed by atoms with Crippen molar-refractivity contribution in [2.24, 2.45) is 0 Å². The van der Waals surface area contributed by atoms with Crippen LogP contribution in [0.4, 0.5) is 11.4 Å². The lowest BCUT2D eigenvalue weighted by molar-refractivity contribution is -0.384. The van der Waals surface area contributed by atoms with Crippen LogP contribution in [-0.2, 0) is 0 Å². The van der Waals surface area contributed by atoms with Gasteiger partial charge in [-0.05, 0) is 45.8 Å². The van der Waals surface area contributed by atoms with Gasteiger partial charge in [-0.15, -0.1) is 0 Å². The van der Waals surface area contributed by atoms with Crippen molar-refractivity contribution in [3.05, 3.63) is 27.8 Å². The van der Waals surface area contributed by atoms with E-state index in [1.54, 1.807) is 19.9 Å². The number of fused-ring (bicyclic) bond motifs is 1. The number of rotatable bonds is 2. The Morgan fingerprint density at radius 2 is 2.05 bits per heavy atom. The molecule has 0 unspecified atom stereocenters. The topological polar surface area (TPSA) is 102 Å². The number of aliphatic hydroxyl groups excluding tert-OH is 1. The van der Waals surface area contributed by atoms with Gasteiger partial charge < -0.3 is 15.6 Å². The molecule has 0 amide bonds. The van der Waals surface area contributed by atoms with Crippen LogP contribution in [0.2, 0.25) is 0 Å². The summed E-state index contributed by atoms with van der Waals surface area (Å²) in [6.07, 6.45) is 1.45. The summed E-state index contributed by atoms with van der Waals surface area (Å²) in [6, 6.07) is 2.71. The highest BCUT2D eigenvalue weighted by Gasteiger charge is 2.46. The molecule has 1 saturated heterocycles. The molecule has 0 spiro atoms. The summed E-state index contributed by atoms with van der Waals surface area (Å²) in [7, 11) is 0. The van der Waals surface area contributed by atoms with Crippen molar-refractivity contribution in [1.82, 2.24) is 4.90 Å². The molecule has 0 radical (unpaired) electrons. The number of nitrogens with zero attached hydrogens (tertiary/aromatic N) is 2. The predicted molar refractivity (Wildman–Crippen MR) is 81.8 cm³/mol. The summed E-state index contributed by atoms with van der Waals surface area (Å²) in [5.74, 6) is 0.438. The van der Waals surface area contributed by atoms with Gasteiger partial charge in [0, 0.05) is 5.56 Å². The summed E-state index contributed by atoms with van der Waals surface area (Å²) in [5, 5.41) is 21.8. The molecule has 0 aliphatic carbocycles. The Hall–Kier alpha value is -1.86. The zero-order valence-corrected chi connectivity index (χ0v) is 12.8. The number of likely N-dealkylation sites (tertiary alicyclic amines) is 1. The molecule has 120 valence electrons. The molecule has 2 aliphatic rings. The molecule has 0 saturated carbocycles. The van der Waals surface area contributed by atoms with Crippen molar-refractivity contribution >= 4 is 11.4 Å². The summed E-state index contributed by atoms with van der Waals surface area (Å²) in [6.45, 7) is 5.39. The molecule has 22 heavy (non-hydrogen) atoms. The van der Waals surface area contributed by atoms with Gasteiger partial charge in [0.1, 0.15) is 23.1 Å². The number of ether oxygens (including phenoxy) is 1. The van der Waals surface area contributed by atoms with Gasteiger partial charge in [-0.25, -0.2) is 0 Å². The molecule has 2 aliphatic heterocycles. The fourth-order valence-electron chi connectivity index (χ4n) is 3.39. The number of hydrogen-bond donors (Lipinski definition) is 2. The van der Waals surface area contributed by atoms with Gasteiger partial charge in [0.25, 0.3) is 5.69 Å². The van der Waals surface area contributed by atoms with E-state index in [1.165, 1.54) is 6.07 Å². The molecule has 3 N–H and O–H groups in total. The number of nitro groups is 1. The lowest BCUT2D eigenvalue weighted by Gasteiger charge is -2.45. The summed E-state index contributed by atoms with van der Waals surface area (Å²) >= 11 is 0. The van der Waals surface area contributed by atoms with Gasteiger partial charge >= 0.3 is 0 Å². The molecule has 1 aromatic rings. The fourth-order valence-corrected chi connectivity index (χ4v) is 3.39. The van der Waals surface area contributed by atoms with Gasteiger partial charge in [-0.1, -0.05) is 0 Å². The average Bonchev–Trinajstić information content (AvgIpc) is 2.93. The van der Waals surface area contributed by atoms with Crippen LogP contribution in [0.15, 0.2) is 12.1 Å². The van der Waals surface area contributed by atoms with Gasteiger partial charge in [-0.3, -0.25) is 15.0 Å². The highest BCUT2D eigenvalue weighted by atomic mass is 16.6. The Kier molecular flexibility index (Phi) is 3.49. The molecule has 0 aromatic heterocycles. The molecule has 3 rings (SSSR count). The number of aliphatic hydroxyl groups is 1. The number of hydrogen-bond acceptors (Lipinski definition) is 6. The van der Waals surface area contributed by atoms with E-state index < -0.39 is 16.6 Å². The maximum absolute atomic E-state index is 11.1. The number of benzene rings is 1. The van der Waals surface area contributed by atoms with E-state index in [4.69, 9.17) is 10.5 Å². The summed E-state index contributed by atoms with van der Waals surface area (Å²) < 4.78 is 5.83. The minimum absolute atomic E-state index is 0.100. The summed E-state index contributed by atoms with van der Waals surface area (Å²) in [4.78, 5) is 12.8. The van der Waals surface area contributed by atoms with Crippen LogP contribution >= 0.6 is 0 Å². The lowest BCUT2D eigenvalue weighted by atomic mass is 9.85. The standard InChI is InChI=1S/C15H21N3O4/c1-15(2)14(19)13(17-5-3-4-6-17)9-7-10(16)11(18(20)21)8-12(9)22-15/h7-8,13-14,19H,3-6,16H2,1-2H3/t13-,14+/m0/s1. The molecular formula is C15H21N3O4. The highest BCUT2D eigenvalue weighted by Crippen LogP contribution is 2.46. The second kappa shape index (κ2) is 5.10. The molecule has 7 nitrogen and oxygen atoms in total. The van der Waals surface area contributed by atoms with Crippen molar-refractivity contribution in [2.75, 3.05) is 18.8 Å². The average molecular weight is 307 g/mol. The number of nitro benzene ring substituents is 1. The van der Waals surface area contributed by atoms with Crippen LogP contribution in [0.25, 0.3) is 0 Å². The first-order chi connectivity index (χ1) is 10.3. The van der Waals surface area contributed by atoms with Crippen molar-refractivity contribution < 1.29 is 14.8 Å². The largest absolute Gasteiger partial charge is 0.484 e. The second-order valence-electron chi connectivity index (χ2n) is 6.54. The van der Waals surface area contributed by atoms with E-state index in [-0.39, 0.29) is 17.4 Å². The maximum Gasteiger partial charge on any atom is 0.295 e. The van der Waals surface area contributed by atoms with Crippen LogP contribution < -0.4 is 10.5 Å². The van der Waals surface area contributed by atoms with Crippen LogP contribution in [-0.4, -0.2) is 39.7 Å². The Morgan fingerprint density at radius 1 is 1.41 bits per heavy atom. The van der Waals surface area contributed by atoms with Gasteiger partial charge in [0.15, 0.2) is 0 Å². The Balaban J connectivity index is 2.12. The number of nitrogens with two attached hydrogens (primary N) is 1. The molecule has 2 heterocycles. The van der Waals surface area contributed by atoms with Gasteiger partial charge in [0.05, 0.1) is 17.0 Å². The predicted octanol–water partition coefficient (Wildman–Crippen LogP) is 1.85. The van der Waals surface area contributed by atoms with Crippen LogP contribution in [0, 0.1) is 10.1 Å². The van der Waals surface area contributed by atoms with E-state index >= 15 is 0 Å². The van der Waals surface area contributed by atoms with Crippen LogP contribution in [0.5, 0.6) is 5.75 Å². The van der Waals surface area contributed by atoms with E-state index in [0.717, 1.165) is 31.5 Å². The second-order valence-corrected chi connectivity index (χ2v) is 6.54.